The van der Waals surface area contributed by atoms with Gasteiger partial charge in [0.15, 0.2) is 5.65 Å². The Morgan fingerprint density at radius 2 is 2.32 bits per heavy atom. The molecule has 0 aliphatic rings. The molecule has 0 aliphatic heterocycles. The second-order valence-electron chi connectivity index (χ2n) is 4.68. The molecule has 3 aromatic heterocycles. The molecule has 1 N–H and O–H groups in total. The summed E-state index contributed by atoms with van der Waals surface area (Å²) in [6.45, 7) is 1.57. The first-order valence-electron chi connectivity index (χ1n) is 6.90. The third kappa shape index (κ3) is 3.00. The molecule has 0 radical (unpaired) electrons. The number of nitrogens with one attached hydrogen (secondary N) is 1. The zero-order valence-corrected chi connectivity index (χ0v) is 13.0. The summed E-state index contributed by atoms with van der Waals surface area (Å²) in [5.41, 5.74) is 1.62. The van der Waals surface area contributed by atoms with E-state index in [1.165, 1.54) is 11.3 Å². The Morgan fingerprint density at radius 3 is 3.09 bits per heavy atom. The van der Waals surface area contributed by atoms with Crippen molar-refractivity contribution in [3.05, 3.63) is 46.5 Å². The first kappa shape index (κ1) is 14.7. The van der Waals surface area contributed by atoms with Crippen molar-refractivity contribution in [2.75, 3.05) is 13.7 Å². The van der Waals surface area contributed by atoms with E-state index in [2.05, 4.69) is 15.3 Å². The van der Waals surface area contributed by atoms with Crippen molar-refractivity contribution < 1.29 is 9.53 Å². The summed E-state index contributed by atoms with van der Waals surface area (Å²) in [6.07, 6.45) is 1.74. The molecular weight excluding hydrogens is 300 g/mol. The number of carbonyl (C=O) groups is 1. The van der Waals surface area contributed by atoms with Crippen molar-refractivity contribution in [3.8, 4) is 0 Å². The van der Waals surface area contributed by atoms with Gasteiger partial charge in [0.05, 0.1) is 18.0 Å². The highest BCUT2D eigenvalue weighted by atomic mass is 32.1. The van der Waals surface area contributed by atoms with Gasteiger partial charge in [0.1, 0.15) is 11.3 Å². The smallest absolute Gasteiger partial charge is 0.261 e. The summed E-state index contributed by atoms with van der Waals surface area (Å²) >= 11 is 1.42. The van der Waals surface area contributed by atoms with Crippen LogP contribution in [-0.2, 0) is 17.8 Å². The Hall–Kier alpha value is -2.25. The number of carbonyl (C=O) groups excluding carboxylic acids is 1. The fourth-order valence-corrected chi connectivity index (χ4v) is 2.85. The van der Waals surface area contributed by atoms with E-state index in [1.807, 2.05) is 28.1 Å². The first-order chi connectivity index (χ1) is 10.8. The molecule has 0 saturated carbocycles. The maximum absolute atomic E-state index is 12.0. The number of rotatable bonds is 6. The summed E-state index contributed by atoms with van der Waals surface area (Å²) in [5.74, 6) is 0.684. The van der Waals surface area contributed by atoms with Gasteiger partial charge in [-0.3, -0.25) is 4.79 Å². The van der Waals surface area contributed by atoms with Crippen LogP contribution < -0.4 is 5.32 Å². The largest absolute Gasteiger partial charge is 0.383 e. The minimum absolute atomic E-state index is 0.0895. The Balaban J connectivity index is 1.81. The number of ether oxygens (including phenoxy) is 1. The molecule has 114 valence electrons. The summed E-state index contributed by atoms with van der Waals surface area (Å²) in [4.78, 5) is 21.7. The SMILES string of the molecule is COCCn1c(CNC(=O)c2cccs2)nc2cccnc21. The van der Waals surface area contributed by atoms with E-state index in [-0.39, 0.29) is 5.91 Å². The minimum Gasteiger partial charge on any atom is -0.383 e. The molecule has 0 spiro atoms. The van der Waals surface area contributed by atoms with Crippen molar-refractivity contribution >= 4 is 28.4 Å². The van der Waals surface area contributed by atoms with Crippen LogP contribution in [0.1, 0.15) is 15.5 Å². The van der Waals surface area contributed by atoms with Gasteiger partial charge in [0, 0.05) is 19.9 Å². The molecule has 0 aliphatic carbocycles. The normalized spacial score (nSPS) is 11.0. The summed E-state index contributed by atoms with van der Waals surface area (Å²) < 4.78 is 7.12. The third-order valence-electron chi connectivity index (χ3n) is 3.25. The molecule has 0 saturated heterocycles. The molecule has 7 heteroatoms. The van der Waals surface area contributed by atoms with Crippen molar-refractivity contribution in [1.29, 1.82) is 0 Å². The Labute approximate surface area is 131 Å². The second-order valence-corrected chi connectivity index (χ2v) is 5.63. The second kappa shape index (κ2) is 6.67. The number of methoxy groups -OCH3 is 1. The van der Waals surface area contributed by atoms with Gasteiger partial charge in [-0.2, -0.15) is 0 Å². The van der Waals surface area contributed by atoms with E-state index >= 15 is 0 Å². The van der Waals surface area contributed by atoms with Crippen molar-refractivity contribution in [2.24, 2.45) is 0 Å². The fraction of sp³-hybridized carbons (Fsp3) is 0.267. The van der Waals surface area contributed by atoms with E-state index in [4.69, 9.17) is 4.74 Å². The number of imidazole rings is 1. The average molecular weight is 316 g/mol. The number of thiophene rings is 1. The predicted octanol–water partition coefficient (Wildman–Crippen LogP) is 2.07. The van der Waals surface area contributed by atoms with Crippen LogP contribution in [0.3, 0.4) is 0 Å². The molecule has 0 atom stereocenters. The van der Waals surface area contributed by atoms with E-state index in [0.717, 1.165) is 17.0 Å². The molecule has 3 aromatic rings. The summed E-state index contributed by atoms with van der Waals surface area (Å²) in [6, 6.07) is 7.42. The predicted molar refractivity (Wildman–Crippen MR) is 84.9 cm³/mol. The van der Waals surface area contributed by atoms with Gasteiger partial charge in [-0.05, 0) is 23.6 Å². The lowest BCUT2D eigenvalue weighted by Crippen LogP contribution is -2.24. The molecule has 3 rings (SSSR count). The first-order valence-corrected chi connectivity index (χ1v) is 7.78. The lowest BCUT2D eigenvalue weighted by Gasteiger charge is -2.08. The van der Waals surface area contributed by atoms with Gasteiger partial charge >= 0.3 is 0 Å². The lowest BCUT2D eigenvalue weighted by molar-refractivity contribution is 0.0953. The fourth-order valence-electron chi connectivity index (χ4n) is 2.21. The van der Waals surface area contributed by atoms with Gasteiger partial charge in [-0.1, -0.05) is 6.07 Å². The Bertz CT molecular complexity index is 767. The molecule has 22 heavy (non-hydrogen) atoms. The number of nitrogens with zero attached hydrogens (tertiary/aromatic N) is 3. The number of amides is 1. The van der Waals surface area contributed by atoms with Crippen molar-refractivity contribution in [1.82, 2.24) is 19.9 Å². The molecule has 0 fully saturated rings. The van der Waals surface area contributed by atoms with Gasteiger partial charge in [0.25, 0.3) is 5.91 Å². The standard InChI is InChI=1S/C15H16N4O2S/c1-21-8-7-19-13(18-11-4-2-6-16-14(11)19)10-17-15(20)12-5-3-9-22-12/h2-6,9H,7-8,10H2,1H3,(H,17,20). The van der Waals surface area contributed by atoms with E-state index in [1.54, 1.807) is 19.4 Å². The van der Waals surface area contributed by atoms with Crippen LogP contribution in [0.5, 0.6) is 0 Å². The highest BCUT2D eigenvalue weighted by Crippen LogP contribution is 2.14. The van der Waals surface area contributed by atoms with Crippen LogP contribution in [0.2, 0.25) is 0 Å². The Kier molecular flexibility index (Phi) is 4.45. The zero-order valence-electron chi connectivity index (χ0n) is 12.2. The van der Waals surface area contributed by atoms with E-state index in [0.29, 0.717) is 24.6 Å². The number of pyridine rings is 1. The lowest BCUT2D eigenvalue weighted by atomic mass is 10.4. The minimum atomic E-state index is -0.0895. The molecule has 1 amide bonds. The van der Waals surface area contributed by atoms with Gasteiger partial charge in [-0.15, -0.1) is 11.3 Å². The number of hydrogen-bond acceptors (Lipinski definition) is 5. The molecule has 0 unspecified atom stereocenters. The van der Waals surface area contributed by atoms with Crippen molar-refractivity contribution in [3.63, 3.8) is 0 Å². The van der Waals surface area contributed by atoms with Crippen molar-refractivity contribution in [2.45, 2.75) is 13.1 Å². The maximum Gasteiger partial charge on any atom is 0.261 e. The van der Waals surface area contributed by atoms with Crippen LogP contribution in [-0.4, -0.2) is 34.2 Å². The van der Waals surface area contributed by atoms with E-state index in [9.17, 15) is 4.79 Å². The molecule has 0 bridgehead atoms. The number of fused-ring (bicyclic) bond motifs is 1. The van der Waals surface area contributed by atoms with Crippen LogP contribution in [0, 0.1) is 0 Å². The summed E-state index contributed by atoms with van der Waals surface area (Å²) in [5, 5.41) is 4.78. The van der Waals surface area contributed by atoms with Crippen LogP contribution in [0.4, 0.5) is 0 Å². The van der Waals surface area contributed by atoms with Gasteiger partial charge < -0.3 is 14.6 Å². The quantitative estimate of drug-likeness (QED) is 0.756. The van der Waals surface area contributed by atoms with Crippen LogP contribution >= 0.6 is 11.3 Å². The topological polar surface area (TPSA) is 69.0 Å². The van der Waals surface area contributed by atoms with Gasteiger partial charge in [0.2, 0.25) is 0 Å². The number of aromatic nitrogens is 3. The highest BCUT2D eigenvalue weighted by Gasteiger charge is 2.13. The van der Waals surface area contributed by atoms with Crippen LogP contribution in [0.25, 0.3) is 11.2 Å². The third-order valence-corrected chi connectivity index (χ3v) is 4.12. The maximum atomic E-state index is 12.0. The molecule has 6 nitrogen and oxygen atoms in total. The monoisotopic (exact) mass is 316 g/mol. The molecular formula is C15H16N4O2S. The highest BCUT2D eigenvalue weighted by molar-refractivity contribution is 7.12. The average Bonchev–Trinajstić information content (AvgIpc) is 3.18. The summed E-state index contributed by atoms with van der Waals surface area (Å²) in [7, 11) is 1.66. The van der Waals surface area contributed by atoms with E-state index < -0.39 is 0 Å². The van der Waals surface area contributed by atoms with Gasteiger partial charge in [-0.25, -0.2) is 9.97 Å². The number of hydrogen-bond donors (Lipinski definition) is 1. The molecule has 3 heterocycles. The zero-order chi connectivity index (χ0) is 15.4. The Morgan fingerprint density at radius 1 is 1.41 bits per heavy atom. The van der Waals surface area contributed by atoms with Crippen LogP contribution in [0.15, 0.2) is 35.8 Å². The molecule has 0 aromatic carbocycles.